The average molecular weight is 279 g/mol. The Morgan fingerprint density at radius 1 is 0.867 bits per heavy atom. The van der Waals surface area contributed by atoms with Crippen LogP contribution in [0.25, 0.3) is 0 Å². The molecule has 0 saturated heterocycles. The number of aliphatic hydroxyl groups excluding tert-OH is 1. The van der Waals surface area contributed by atoms with Gasteiger partial charge in [-0.3, -0.25) is 0 Å². The van der Waals surface area contributed by atoms with E-state index in [1.807, 2.05) is 0 Å². The van der Waals surface area contributed by atoms with Crippen LogP contribution in [0.2, 0.25) is 0 Å². The van der Waals surface area contributed by atoms with Gasteiger partial charge in [0.05, 0.1) is 6.10 Å². The van der Waals surface area contributed by atoms with Crippen LogP contribution in [0, 0.1) is 0 Å². The van der Waals surface area contributed by atoms with Gasteiger partial charge in [0.25, 0.3) is 0 Å². The quantitative estimate of drug-likeness (QED) is 0.430. The lowest BCUT2D eigenvalue weighted by atomic mass is 10.1. The van der Waals surface area contributed by atoms with Gasteiger partial charge in [-0.1, -0.05) is 80.6 Å². The molecule has 1 N–H and O–H groups in total. The summed E-state index contributed by atoms with van der Waals surface area (Å²) in [6.45, 7) is 2.26. The van der Waals surface area contributed by atoms with Gasteiger partial charge in [0.2, 0.25) is 0 Å². The fourth-order valence-corrected chi connectivity index (χ4v) is 2.09. The molecule has 0 rings (SSSR count). The normalized spacial score (nSPS) is 13.0. The Morgan fingerprint density at radius 2 is 1.33 bits per heavy atom. The molecule has 0 fully saturated rings. The molecule has 15 heavy (non-hydrogen) atoms. The van der Waals surface area contributed by atoms with Crippen molar-refractivity contribution in [3.05, 3.63) is 0 Å². The minimum absolute atomic E-state index is 0.130. The standard InChI is InChI=1S/C13H27BrO/c1-2-3-4-5-6-7-8-9-10-11-13(15)12-14/h13,15H,2-12H2,1H3. The Balaban J connectivity index is 2.92. The highest BCUT2D eigenvalue weighted by molar-refractivity contribution is 9.09. The van der Waals surface area contributed by atoms with Crippen LogP contribution in [0.5, 0.6) is 0 Å². The first-order valence-corrected chi connectivity index (χ1v) is 7.67. The van der Waals surface area contributed by atoms with Crippen LogP contribution in [-0.2, 0) is 0 Å². The lowest BCUT2D eigenvalue weighted by Crippen LogP contribution is -2.06. The van der Waals surface area contributed by atoms with Crippen molar-refractivity contribution in [3.8, 4) is 0 Å². The maximum atomic E-state index is 9.31. The molecule has 0 heterocycles. The number of alkyl halides is 1. The smallest absolute Gasteiger partial charge is 0.0637 e. The molecule has 1 unspecified atom stereocenters. The van der Waals surface area contributed by atoms with Gasteiger partial charge in [-0.25, -0.2) is 0 Å². The summed E-state index contributed by atoms with van der Waals surface area (Å²) in [5.74, 6) is 0. The molecule has 0 aromatic heterocycles. The molecule has 1 nitrogen and oxygen atoms in total. The monoisotopic (exact) mass is 278 g/mol. The van der Waals surface area contributed by atoms with Crippen LogP contribution < -0.4 is 0 Å². The molecule has 2 heteroatoms. The van der Waals surface area contributed by atoms with Gasteiger partial charge in [0.1, 0.15) is 0 Å². The highest BCUT2D eigenvalue weighted by atomic mass is 79.9. The lowest BCUT2D eigenvalue weighted by molar-refractivity contribution is 0.186. The van der Waals surface area contributed by atoms with E-state index in [0.717, 1.165) is 11.8 Å². The van der Waals surface area contributed by atoms with Gasteiger partial charge >= 0.3 is 0 Å². The Morgan fingerprint density at radius 3 is 1.80 bits per heavy atom. The summed E-state index contributed by atoms with van der Waals surface area (Å²) in [6.07, 6.45) is 13.0. The third-order valence-electron chi connectivity index (χ3n) is 2.82. The van der Waals surface area contributed by atoms with Gasteiger partial charge in [-0.2, -0.15) is 0 Å². The number of hydrogen-bond donors (Lipinski definition) is 1. The Bertz CT molecular complexity index is 117. The van der Waals surface area contributed by atoms with Crippen LogP contribution in [0.15, 0.2) is 0 Å². The zero-order valence-corrected chi connectivity index (χ0v) is 11.8. The van der Waals surface area contributed by atoms with Gasteiger partial charge in [0, 0.05) is 5.33 Å². The van der Waals surface area contributed by atoms with Crippen molar-refractivity contribution in [2.75, 3.05) is 5.33 Å². The van der Waals surface area contributed by atoms with Gasteiger partial charge < -0.3 is 5.11 Å². The minimum Gasteiger partial charge on any atom is -0.392 e. The Labute approximate surface area is 104 Å². The average Bonchev–Trinajstić information content (AvgIpc) is 2.26. The zero-order valence-electron chi connectivity index (χ0n) is 10.2. The molecule has 0 bridgehead atoms. The van der Waals surface area contributed by atoms with Crippen LogP contribution in [0.1, 0.15) is 71.1 Å². The number of halogens is 1. The van der Waals surface area contributed by atoms with Crippen LogP contribution in [-0.4, -0.2) is 16.5 Å². The zero-order chi connectivity index (χ0) is 11.4. The van der Waals surface area contributed by atoms with E-state index >= 15 is 0 Å². The van der Waals surface area contributed by atoms with E-state index in [1.165, 1.54) is 57.8 Å². The fourth-order valence-electron chi connectivity index (χ4n) is 1.77. The van der Waals surface area contributed by atoms with Gasteiger partial charge in [-0.15, -0.1) is 0 Å². The maximum absolute atomic E-state index is 9.31. The van der Waals surface area contributed by atoms with Crippen molar-refractivity contribution in [2.45, 2.75) is 77.2 Å². The van der Waals surface area contributed by atoms with Crippen LogP contribution in [0.4, 0.5) is 0 Å². The first-order chi connectivity index (χ1) is 7.31. The first kappa shape index (κ1) is 15.4. The first-order valence-electron chi connectivity index (χ1n) is 6.55. The predicted octanol–water partition coefficient (Wildman–Crippen LogP) is 4.66. The Hall–Kier alpha value is 0.440. The summed E-state index contributed by atoms with van der Waals surface area (Å²) in [4.78, 5) is 0. The molecule has 0 saturated carbocycles. The molecule has 0 aliphatic rings. The topological polar surface area (TPSA) is 20.2 Å². The molecule has 0 radical (unpaired) electrons. The summed E-state index contributed by atoms with van der Waals surface area (Å²) in [6, 6.07) is 0. The Kier molecular flexibility index (Phi) is 12.9. The highest BCUT2D eigenvalue weighted by Gasteiger charge is 2.00. The van der Waals surface area contributed by atoms with E-state index in [4.69, 9.17) is 0 Å². The van der Waals surface area contributed by atoms with E-state index in [0.29, 0.717) is 0 Å². The predicted molar refractivity (Wildman–Crippen MR) is 71.6 cm³/mol. The van der Waals surface area contributed by atoms with Crippen LogP contribution >= 0.6 is 15.9 Å². The molecule has 92 valence electrons. The van der Waals surface area contributed by atoms with E-state index in [2.05, 4.69) is 22.9 Å². The maximum Gasteiger partial charge on any atom is 0.0637 e. The summed E-state index contributed by atoms with van der Waals surface area (Å²) in [5, 5.41) is 10.0. The van der Waals surface area contributed by atoms with Crippen molar-refractivity contribution in [2.24, 2.45) is 0 Å². The van der Waals surface area contributed by atoms with Crippen molar-refractivity contribution in [1.82, 2.24) is 0 Å². The molecule has 0 aliphatic heterocycles. The second kappa shape index (κ2) is 12.5. The minimum atomic E-state index is -0.130. The number of unbranched alkanes of at least 4 members (excludes halogenated alkanes) is 8. The molecule has 0 amide bonds. The van der Waals surface area contributed by atoms with Gasteiger partial charge in [-0.05, 0) is 6.42 Å². The number of rotatable bonds is 11. The summed E-state index contributed by atoms with van der Waals surface area (Å²) < 4.78 is 0. The van der Waals surface area contributed by atoms with E-state index < -0.39 is 0 Å². The molecule has 0 aliphatic carbocycles. The lowest BCUT2D eigenvalue weighted by Gasteiger charge is -2.05. The van der Waals surface area contributed by atoms with Gasteiger partial charge in [0.15, 0.2) is 0 Å². The van der Waals surface area contributed by atoms with E-state index in [-0.39, 0.29) is 6.10 Å². The molecule has 0 aromatic carbocycles. The van der Waals surface area contributed by atoms with E-state index in [1.54, 1.807) is 0 Å². The van der Waals surface area contributed by atoms with Crippen molar-refractivity contribution in [3.63, 3.8) is 0 Å². The molecule has 1 atom stereocenters. The summed E-state index contributed by atoms with van der Waals surface area (Å²) >= 11 is 3.28. The third-order valence-corrected chi connectivity index (χ3v) is 3.57. The second-order valence-electron chi connectivity index (χ2n) is 4.43. The highest BCUT2D eigenvalue weighted by Crippen LogP contribution is 2.11. The summed E-state index contributed by atoms with van der Waals surface area (Å²) in [5.41, 5.74) is 0. The number of hydrogen-bond acceptors (Lipinski definition) is 1. The van der Waals surface area contributed by atoms with E-state index in [9.17, 15) is 5.11 Å². The van der Waals surface area contributed by atoms with Crippen molar-refractivity contribution < 1.29 is 5.11 Å². The molecular weight excluding hydrogens is 252 g/mol. The SMILES string of the molecule is CCCCCCCCCCCC(O)CBr. The number of aliphatic hydroxyl groups is 1. The van der Waals surface area contributed by atoms with Crippen molar-refractivity contribution >= 4 is 15.9 Å². The third kappa shape index (κ3) is 12.4. The van der Waals surface area contributed by atoms with Crippen molar-refractivity contribution in [1.29, 1.82) is 0 Å². The molecule has 0 spiro atoms. The van der Waals surface area contributed by atoms with Crippen LogP contribution in [0.3, 0.4) is 0 Å². The fraction of sp³-hybridized carbons (Fsp3) is 1.00. The molecular formula is C13H27BrO. The second-order valence-corrected chi connectivity index (χ2v) is 5.07. The largest absolute Gasteiger partial charge is 0.392 e. The molecule has 0 aromatic rings. The summed E-state index contributed by atoms with van der Waals surface area (Å²) in [7, 11) is 0.